The molecule has 88 valence electrons. The summed E-state index contributed by atoms with van der Waals surface area (Å²) in [6.45, 7) is 0. The predicted molar refractivity (Wildman–Crippen MR) is 57.8 cm³/mol. The van der Waals surface area contributed by atoms with Crippen LogP contribution >= 0.6 is 0 Å². The van der Waals surface area contributed by atoms with Crippen molar-refractivity contribution in [1.82, 2.24) is 15.5 Å². The fraction of sp³-hybridized carbons (Fsp3) is 0.500. The Morgan fingerprint density at radius 2 is 2.38 bits per heavy atom. The number of nitrogens with zero attached hydrogens (tertiary/aromatic N) is 1. The average Bonchev–Trinajstić information content (AvgIpc) is 2.76. The van der Waals surface area contributed by atoms with Gasteiger partial charge in [-0.15, -0.1) is 0 Å². The maximum atomic E-state index is 11.4. The Labute approximate surface area is 92.5 Å². The van der Waals surface area contributed by atoms with E-state index in [9.17, 15) is 13.2 Å². The highest BCUT2D eigenvalue weighted by atomic mass is 32.2. The first-order valence-electron chi connectivity index (χ1n) is 4.82. The number of nitrogens with one attached hydrogen (secondary N) is 3. The van der Waals surface area contributed by atoms with Crippen molar-refractivity contribution in [3.63, 3.8) is 0 Å². The summed E-state index contributed by atoms with van der Waals surface area (Å²) in [5.74, 6) is 0.162. The third-order valence-electron chi connectivity index (χ3n) is 2.32. The Balaban J connectivity index is 1.85. The maximum Gasteiger partial charge on any atom is 0.319 e. The highest BCUT2D eigenvalue weighted by molar-refractivity contribution is 7.91. The van der Waals surface area contributed by atoms with Crippen LogP contribution < -0.4 is 10.6 Å². The highest BCUT2D eigenvalue weighted by Crippen LogP contribution is 2.11. The molecule has 7 nitrogen and oxygen atoms in total. The van der Waals surface area contributed by atoms with Gasteiger partial charge in [0.2, 0.25) is 0 Å². The lowest BCUT2D eigenvalue weighted by Gasteiger charge is -2.10. The van der Waals surface area contributed by atoms with Crippen molar-refractivity contribution < 1.29 is 13.2 Å². The van der Waals surface area contributed by atoms with Gasteiger partial charge in [0.25, 0.3) is 0 Å². The maximum absolute atomic E-state index is 11.4. The van der Waals surface area contributed by atoms with Gasteiger partial charge in [0.15, 0.2) is 9.84 Å². The number of urea groups is 1. The van der Waals surface area contributed by atoms with Gasteiger partial charge in [0.05, 0.1) is 23.4 Å². The molecular formula is C8H12N4O3S. The van der Waals surface area contributed by atoms with E-state index in [2.05, 4.69) is 20.8 Å². The van der Waals surface area contributed by atoms with Gasteiger partial charge >= 0.3 is 6.03 Å². The number of anilines is 1. The van der Waals surface area contributed by atoms with Crippen LogP contribution in [0.25, 0.3) is 0 Å². The van der Waals surface area contributed by atoms with Gasteiger partial charge in [-0.1, -0.05) is 0 Å². The second-order valence-corrected chi connectivity index (χ2v) is 5.91. The van der Waals surface area contributed by atoms with E-state index in [0.717, 1.165) is 0 Å². The number of aromatic amines is 1. The molecule has 0 saturated carbocycles. The average molecular weight is 244 g/mol. The number of rotatable bonds is 2. The van der Waals surface area contributed by atoms with Crippen LogP contribution in [0.4, 0.5) is 10.5 Å². The molecule has 8 heteroatoms. The highest BCUT2D eigenvalue weighted by Gasteiger charge is 2.28. The standard InChI is InChI=1S/C8H12N4O3S/c13-8(12-7-3-9-10-4-7)11-6-1-2-16(14,15)5-6/h3-4,6H,1-2,5H2,(H,9,10)(H2,11,12,13)/t6-/m1/s1. The molecule has 16 heavy (non-hydrogen) atoms. The van der Waals surface area contributed by atoms with Gasteiger partial charge in [-0.05, 0) is 6.42 Å². The number of carbonyl (C=O) groups is 1. The number of amides is 2. The van der Waals surface area contributed by atoms with Crippen LogP contribution in [0.15, 0.2) is 12.4 Å². The van der Waals surface area contributed by atoms with Crippen molar-refractivity contribution in [2.45, 2.75) is 12.5 Å². The van der Waals surface area contributed by atoms with Gasteiger partial charge in [-0.3, -0.25) is 5.10 Å². The Kier molecular flexibility index (Phi) is 2.82. The normalized spacial score (nSPS) is 22.9. The summed E-state index contributed by atoms with van der Waals surface area (Å²) in [5.41, 5.74) is 0.540. The molecule has 0 aliphatic carbocycles. The van der Waals surface area contributed by atoms with Crippen molar-refractivity contribution in [2.75, 3.05) is 16.8 Å². The van der Waals surface area contributed by atoms with E-state index in [1.807, 2.05) is 0 Å². The number of hydrogen-bond acceptors (Lipinski definition) is 4. The second-order valence-electron chi connectivity index (χ2n) is 3.69. The summed E-state index contributed by atoms with van der Waals surface area (Å²) in [6, 6.07) is -0.708. The zero-order chi connectivity index (χ0) is 11.6. The Morgan fingerprint density at radius 1 is 1.56 bits per heavy atom. The van der Waals surface area contributed by atoms with Crippen molar-refractivity contribution >= 4 is 21.6 Å². The Morgan fingerprint density at radius 3 is 2.94 bits per heavy atom. The summed E-state index contributed by atoms with van der Waals surface area (Å²) in [7, 11) is -2.96. The van der Waals surface area contributed by atoms with E-state index < -0.39 is 15.9 Å². The van der Waals surface area contributed by atoms with Crippen molar-refractivity contribution in [3.8, 4) is 0 Å². The minimum atomic E-state index is -2.96. The van der Waals surface area contributed by atoms with Gasteiger partial charge < -0.3 is 10.6 Å². The van der Waals surface area contributed by atoms with Crippen LogP contribution in [0.2, 0.25) is 0 Å². The second kappa shape index (κ2) is 4.12. The van der Waals surface area contributed by atoms with E-state index in [4.69, 9.17) is 0 Å². The monoisotopic (exact) mass is 244 g/mol. The number of carbonyl (C=O) groups excluding carboxylic acids is 1. The van der Waals surface area contributed by atoms with Crippen LogP contribution in [0, 0.1) is 0 Å². The van der Waals surface area contributed by atoms with E-state index in [1.54, 1.807) is 0 Å². The van der Waals surface area contributed by atoms with Crippen LogP contribution in [-0.4, -0.2) is 42.2 Å². The summed E-state index contributed by atoms with van der Waals surface area (Å²) in [4.78, 5) is 11.4. The van der Waals surface area contributed by atoms with Gasteiger partial charge in [-0.25, -0.2) is 13.2 Å². The molecule has 0 aromatic carbocycles. The SMILES string of the molecule is O=C(Nc1cn[nH]c1)N[C@@H]1CCS(=O)(=O)C1. The number of H-pyrrole nitrogens is 1. The van der Waals surface area contributed by atoms with Crippen molar-refractivity contribution in [2.24, 2.45) is 0 Å². The molecule has 1 aliphatic rings. The zero-order valence-corrected chi connectivity index (χ0v) is 9.25. The first-order valence-corrected chi connectivity index (χ1v) is 6.64. The van der Waals surface area contributed by atoms with E-state index in [1.165, 1.54) is 12.4 Å². The molecule has 1 aromatic rings. The smallest absolute Gasteiger partial charge is 0.319 e. The minimum Gasteiger partial charge on any atom is -0.334 e. The largest absolute Gasteiger partial charge is 0.334 e. The molecule has 1 saturated heterocycles. The molecule has 1 atom stereocenters. The molecule has 0 radical (unpaired) electrons. The first kappa shape index (κ1) is 10.9. The lowest BCUT2D eigenvalue weighted by molar-refractivity contribution is 0.249. The summed E-state index contributed by atoms with van der Waals surface area (Å²) < 4.78 is 22.3. The Hall–Kier alpha value is -1.57. The Bertz CT molecular complexity index is 467. The van der Waals surface area contributed by atoms with Gasteiger partial charge in [0.1, 0.15) is 0 Å². The fourth-order valence-electron chi connectivity index (χ4n) is 1.58. The summed E-state index contributed by atoms with van der Waals surface area (Å²) >= 11 is 0. The number of aromatic nitrogens is 2. The van der Waals surface area contributed by atoms with E-state index in [0.29, 0.717) is 12.1 Å². The zero-order valence-electron chi connectivity index (χ0n) is 8.43. The van der Waals surface area contributed by atoms with Gasteiger partial charge in [-0.2, -0.15) is 5.10 Å². The van der Waals surface area contributed by atoms with Crippen LogP contribution in [-0.2, 0) is 9.84 Å². The van der Waals surface area contributed by atoms with Crippen LogP contribution in [0.3, 0.4) is 0 Å². The predicted octanol–water partition coefficient (Wildman–Crippen LogP) is -0.282. The lowest BCUT2D eigenvalue weighted by atomic mass is 10.3. The lowest BCUT2D eigenvalue weighted by Crippen LogP contribution is -2.38. The van der Waals surface area contributed by atoms with Crippen molar-refractivity contribution in [3.05, 3.63) is 12.4 Å². The first-order chi connectivity index (χ1) is 7.55. The molecule has 2 rings (SSSR count). The molecule has 1 fully saturated rings. The topological polar surface area (TPSA) is 104 Å². The molecule has 3 N–H and O–H groups in total. The van der Waals surface area contributed by atoms with E-state index in [-0.39, 0.29) is 17.5 Å². The molecular weight excluding hydrogens is 232 g/mol. The quantitative estimate of drug-likeness (QED) is 0.665. The third-order valence-corrected chi connectivity index (χ3v) is 4.09. The van der Waals surface area contributed by atoms with Crippen molar-refractivity contribution in [1.29, 1.82) is 0 Å². The molecule has 2 amide bonds. The fourth-order valence-corrected chi connectivity index (χ4v) is 3.25. The molecule has 2 heterocycles. The van der Waals surface area contributed by atoms with Crippen LogP contribution in [0.1, 0.15) is 6.42 Å². The summed E-state index contributed by atoms with van der Waals surface area (Å²) in [6.07, 6.45) is 3.47. The summed E-state index contributed by atoms with van der Waals surface area (Å²) in [5, 5.41) is 11.4. The minimum absolute atomic E-state index is 0.0196. The molecule has 0 bridgehead atoms. The third kappa shape index (κ3) is 2.72. The molecule has 1 aliphatic heterocycles. The molecule has 0 spiro atoms. The van der Waals surface area contributed by atoms with Crippen LogP contribution in [0.5, 0.6) is 0 Å². The molecule has 1 aromatic heterocycles. The number of hydrogen-bond donors (Lipinski definition) is 3. The molecule has 0 unspecified atom stereocenters. The van der Waals surface area contributed by atoms with E-state index >= 15 is 0 Å². The number of sulfone groups is 1. The van der Waals surface area contributed by atoms with Gasteiger partial charge in [0, 0.05) is 12.2 Å².